The van der Waals surface area contributed by atoms with Gasteiger partial charge in [0.25, 0.3) is 11.5 Å². The van der Waals surface area contributed by atoms with Crippen molar-refractivity contribution in [3.63, 3.8) is 0 Å². The lowest BCUT2D eigenvalue weighted by molar-refractivity contribution is 0.0398. The van der Waals surface area contributed by atoms with Gasteiger partial charge in [0.1, 0.15) is 11.5 Å². The molecule has 9 nitrogen and oxygen atoms in total. The lowest BCUT2D eigenvalue weighted by Crippen LogP contribution is -2.40. The fourth-order valence-electron chi connectivity index (χ4n) is 3.43. The molecule has 1 aliphatic rings. The highest BCUT2D eigenvalue weighted by Crippen LogP contribution is 2.17. The standard InChI is InChI=1S/C21H29N5O4/c1-3-8-26-18(23-19(27)16-6-4-5-15(2)14-16)17(20(28)24-21(26)29)22-7-9-25-10-12-30-13-11-25/h4-6,14,22H,3,7-13H2,1-2H3,(H,23,27)(H,24,28,29). The number of aromatic amines is 1. The van der Waals surface area contributed by atoms with Crippen LogP contribution >= 0.6 is 0 Å². The molecule has 2 aromatic rings. The molecule has 0 atom stereocenters. The molecule has 0 bridgehead atoms. The van der Waals surface area contributed by atoms with E-state index in [2.05, 4.69) is 20.5 Å². The van der Waals surface area contributed by atoms with Gasteiger partial charge in [0, 0.05) is 38.3 Å². The number of morpholine rings is 1. The topological polar surface area (TPSA) is 108 Å². The number of hydrogen-bond acceptors (Lipinski definition) is 6. The SMILES string of the molecule is CCCn1c(NC(=O)c2cccc(C)c2)c(NCCN2CCOCC2)c(=O)[nH]c1=O. The summed E-state index contributed by atoms with van der Waals surface area (Å²) in [4.78, 5) is 42.4. The summed E-state index contributed by atoms with van der Waals surface area (Å²) in [6, 6.07) is 7.15. The molecular weight excluding hydrogens is 386 g/mol. The summed E-state index contributed by atoms with van der Waals surface area (Å²) in [6.07, 6.45) is 0.673. The minimum atomic E-state index is -0.547. The molecule has 1 amide bonds. The molecule has 3 rings (SSSR count). The number of nitrogens with zero attached hydrogens (tertiary/aromatic N) is 2. The van der Waals surface area contributed by atoms with Gasteiger partial charge in [0.2, 0.25) is 0 Å². The largest absolute Gasteiger partial charge is 0.379 e. The first-order chi connectivity index (χ1) is 14.5. The molecule has 0 unspecified atom stereocenters. The number of amides is 1. The van der Waals surface area contributed by atoms with Gasteiger partial charge < -0.3 is 15.4 Å². The van der Waals surface area contributed by atoms with Gasteiger partial charge in [0.15, 0.2) is 0 Å². The highest BCUT2D eigenvalue weighted by molar-refractivity contribution is 6.05. The van der Waals surface area contributed by atoms with Crippen LogP contribution in [0.3, 0.4) is 0 Å². The number of anilines is 2. The van der Waals surface area contributed by atoms with Crippen LogP contribution in [-0.4, -0.2) is 59.8 Å². The Morgan fingerprint density at radius 1 is 1.20 bits per heavy atom. The van der Waals surface area contributed by atoms with Crippen LogP contribution in [0.2, 0.25) is 0 Å². The second kappa shape index (κ2) is 10.2. The van der Waals surface area contributed by atoms with E-state index in [0.29, 0.717) is 38.3 Å². The molecule has 3 N–H and O–H groups in total. The van der Waals surface area contributed by atoms with Crippen LogP contribution in [0.5, 0.6) is 0 Å². The Bertz CT molecular complexity index is 992. The maximum atomic E-state index is 12.8. The van der Waals surface area contributed by atoms with Crippen LogP contribution in [0.1, 0.15) is 29.3 Å². The molecule has 1 aromatic carbocycles. The van der Waals surface area contributed by atoms with Gasteiger partial charge in [-0.1, -0.05) is 24.6 Å². The van der Waals surface area contributed by atoms with Gasteiger partial charge in [-0.15, -0.1) is 0 Å². The first kappa shape index (κ1) is 21.8. The maximum absolute atomic E-state index is 12.8. The van der Waals surface area contributed by atoms with Crippen LogP contribution < -0.4 is 21.9 Å². The number of benzene rings is 1. The van der Waals surface area contributed by atoms with Crippen molar-refractivity contribution in [2.75, 3.05) is 50.0 Å². The number of H-pyrrole nitrogens is 1. The van der Waals surface area contributed by atoms with E-state index in [9.17, 15) is 14.4 Å². The lowest BCUT2D eigenvalue weighted by Gasteiger charge is -2.26. The summed E-state index contributed by atoms with van der Waals surface area (Å²) in [5, 5.41) is 5.91. The molecule has 162 valence electrons. The molecule has 0 spiro atoms. The molecular formula is C21H29N5O4. The highest BCUT2D eigenvalue weighted by atomic mass is 16.5. The average molecular weight is 415 g/mol. The van der Waals surface area contributed by atoms with Crippen molar-refractivity contribution in [2.45, 2.75) is 26.8 Å². The summed E-state index contributed by atoms with van der Waals surface area (Å²) in [7, 11) is 0. The molecule has 1 aliphatic heterocycles. The van der Waals surface area contributed by atoms with Gasteiger partial charge in [-0.2, -0.15) is 0 Å². The molecule has 0 aliphatic carbocycles. The van der Waals surface area contributed by atoms with Crippen molar-refractivity contribution in [3.05, 3.63) is 56.2 Å². The number of ether oxygens (including phenoxy) is 1. The van der Waals surface area contributed by atoms with Crippen molar-refractivity contribution < 1.29 is 9.53 Å². The minimum absolute atomic E-state index is 0.192. The van der Waals surface area contributed by atoms with Crippen molar-refractivity contribution in [1.29, 1.82) is 0 Å². The van der Waals surface area contributed by atoms with Gasteiger partial charge in [-0.05, 0) is 25.5 Å². The van der Waals surface area contributed by atoms with Gasteiger partial charge in [-0.3, -0.25) is 24.0 Å². The third-order valence-corrected chi connectivity index (χ3v) is 4.99. The molecule has 1 saturated heterocycles. The van der Waals surface area contributed by atoms with Crippen molar-refractivity contribution in [2.24, 2.45) is 0 Å². The summed E-state index contributed by atoms with van der Waals surface area (Å²) in [5.41, 5.74) is 0.514. The summed E-state index contributed by atoms with van der Waals surface area (Å²) in [6.45, 7) is 8.48. The van der Waals surface area contributed by atoms with Crippen LogP contribution in [0.4, 0.5) is 11.5 Å². The maximum Gasteiger partial charge on any atom is 0.330 e. The monoisotopic (exact) mass is 415 g/mol. The molecule has 1 fully saturated rings. The molecule has 9 heteroatoms. The van der Waals surface area contributed by atoms with E-state index < -0.39 is 11.2 Å². The normalized spacial score (nSPS) is 14.5. The first-order valence-electron chi connectivity index (χ1n) is 10.3. The predicted octanol–water partition coefficient (Wildman–Crippen LogP) is 1.25. The number of aromatic nitrogens is 2. The number of carbonyl (C=O) groups excluding carboxylic acids is 1. The summed E-state index contributed by atoms with van der Waals surface area (Å²) in [5.74, 6) is -0.177. The van der Waals surface area contributed by atoms with Crippen LogP contribution in [0.15, 0.2) is 33.9 Å². The minimum Gasteiger partial charge on any atom is -0.379 e. The number of carbonyl (C=O) groups is 1. The summed E-state index contributed by atoms with van der Waals surface area (Å²) >= 11 is 0. The zero-order valence-electron chi connectivity index (χ0n) is 17.5. The van der Waals surface area contributed by atoms with Gasteiger partial charge >= 0.3 is 5.69 Å². The van der Waals surface area contributed by atoms with Crippen molar-refractivity contribution in [3.8, 4) is 0 Å². The zero-order chi connectivity index (χ0) is 21.5. The van der Waals surface area contributed by atoms with E-state index in [1.54, 1.807) is 18.2 Å². The number of rotatable bonds is 8. The second-order valence-corrected chi connectivity index (χ2v) is 7.34. The fourth-order valence-corrected chi connectivity index (χ4v) is 3.43. The first-order valence-corrected chi connectivity index (χ1v) is 10.3. The molecule has 2 heterocycles. The third kappa shape index (κ3) is 5.37. The Morgan fingerprint density at radius 3 is 2.67 bits per heavy atom. The lowest BCUT2D eigenvalue weighted by atomic mass is 10.1. The zero-order valence-corrected chi connectivity index (χ0v) is 17.5. The molecule has 0 saturated carbocycles. The predicted molar refractivity (Wildman–Crippen MR) is 116 cm³/mol. The van der Waals surface area contributed by atoms with E-state index in [1.807, 2.05) is 19.9 Å². The Hall–Kier alpha value is -2.91. The van der Waals surface area contributed by atoms with E-state index >= 15 is 0 Å². The second-order valence-electron chi connectivity index (χ2n) is 7.34. The Balaban J connectivity index is 1.86. The molecule has 0 radical (unpaired) electrons. The number of nitrogens with one attached hydrogen (secondary N) is 3. The van der Waals surface area contributed by atoms with E-state index in [0.717, 1.165) is 25.2 Å². The van der Waals surface area contributed by atoms with E-state index in [4.69, 9.17) is 4.74 Å². The highest BCUT2D eigenvalue weighted by Gasteiger charge is 2.18. The van der Waals surface area contributed by atoms with Crippen LogP contribution in [0.25, 0.3) is 0 Å². The third-order valence-electron chi connectivity index (χ3n) is 4.99. The Labute approximate surface area is 175 Å². The fraction of sp³-hybridized carbons (Fsp3) is 0.476. The van der Waals surface area contributed by atoms with Crippen molar-refractivity contribution in [1.82, 2.24) is 14.5 Å². The average Bonchev–Trinajstić information content (AvgIpc) is 2.73. The van der Waals surface area contributed by atoms with E-state index in [1.165, 1.54) is 4.57 Å². The van der Waals surface area contributed by atoms with Crippen LogP contribution in [0, 0.1) is 6.92 Å². The van der Waals surface area contributed by atoms with Crippen molar-refractivity contribution >= 4 is 17.4 Å². The van der Waals surface area contributed by atoms with Crippen LogP contribution in [-0.2, 0) is 11.3 Å². The van der Waals surface area contributed by atoms with Gasteiger partial charge in [-0.25, -0.2) is 4.79 Å². The quantitative estimate of drug-likeness (QED) is 0.599. The number of aryl methyl sites for hydroxylation is 1. The van der Waals surface area contributed by atoms with E-state index in [-0.39, 0.29) is 17.4 Å². The number of hydrogen-bond donors (Lipinski definition) is 3. The molecule has 1 aromatic heterocycles. The molecule has 30 heavy (non-hydrogen) atoms. The summed E-state index contributed by atoms with van der Waals surface area (Å²) < 4.78 is 6.74. The Kier molecular flexibility index (Phi) is 7.42. The smallest absolute Gasteiger partial charge is 0.330 e. The Morgan fingerprint density at radius 2 is 1.97 bits per heavy atom. The van der Waals surface area contributed by atoms with Gasteiger partial charge in [0.05, 0.1) is 13.2 Å².